The Hall–Kier alpha value is -3.15. The highest BCUT2D eigenvalue weighted by atomic mass is 16.4. The summed E-state index contributed by atoms with van der Waals surface area (Å²) in [7, 11) is 0. The number of hydrogen-bond acceptors (Lipinski definition) is 3. The van der Waals surface area contributed by atoms with Crippen LogP contribution in [-0.2, 0) is 14.4 Å². The molecular weight excluding hydrogens is 344 g/mol. The molecule has 0 radical (unpaired) electrons. The molecule has 0 bridgehead atoms. The number of para-hydroxylation sites is 1. The van der Waals surface area contributed by atoms with Gasteiger partial charge in [0.25, 0.3) is 0 Å². The minimum Gasteiger partial charge on any atom is -0.480 e. The summed E-state index contributed by atoms with van der Waals surface area (Å²) in [6.45, 7) is 0.136. The van der Waals surface area contributed by atoms with E-state index in [1.54, 1.807) is 4.90 Å². The van der Waals surface area contributed by atoms with Crippen LogP contribution in [0.1, 0.15) is 24.4 Å². The summed E-state index contributed by atoms with van der Waals surface area (Å²) in [5.74, 6) is -1.74. The number of benzene rings is 2. The highest BCUT2D eigenvalue weighted by molar-refractivity contribution is 6.03. The van der Waals surface area contributed by atoms with E-state index in [1.165, 1.54) is 4.90 Å². The molecule has 2 aromatic rings. The second-order valence-corrected chi connectivity index (χ2v) is 6.94. The maximum atomic E-state index is 13.0. The number of amides is 2. The average molecular weight is 364 g/mol. The van der Waals surface area contributed by atoms with Gasteiger partial charge in [0.2, 0.25) is 11.8 Å². The third kappa shape index (κ3) is 2.97. The van der Waals surface area contributed by atoms with Gasteiger partial charge in [0.05, 0.1) is 12.0 Å². The first-order valence-corrected chi connectivity index (χ1v) is 9.03. The molecule has 138 valence electrons. The highest BCUT2D eigenvalue weighted by Gasteiger charge is 2.51. The van der Waals surface area contributed by atoms with Crippen LogP contribution < -0.4 is 4.90 Å². The number of likely N-dealkylation sites (tertiary alicyclic amines) is 1. The Kier molecular flexibility index (Phi) is 4.39. The fourth-order valence-corrected chi connectivity index (χ4v) is 4.07. The van der Waals surface area contributed by atoms with E-state index in [4.69, 9.17) is 0 Å². The molecule has 2 aliphatic heterocycles. The summed E-state index contributed by atoms with van der Waals surface area (Å²) in [6.07, 6.45) is 0.518. The standard InChI is InChI=1S/C21H20N2O4/c24-18-12-11-17(21(26)27)22(18)13-16-19(14-7-3-1-4-8-14)23(20(16)25)15-9-5-2-6-10-15/h1-10,16-17,19H,11-13H2,(H,26,27)/t16-,17-,19-/m0/s1. The van der Waals surface area contributed by atoms with Gasteiger partial charge in [-0.1, -0.05) is 48.5 Å². The van der Waals surface area contributed by atoms with E-state index >= 15 is 0 Å². The van der Waals surface area contributed by atoms with Gasteiger partial charge in [0.15, 0.2) is 0 Å². The Morgan fingerprint density at radius 3 is 2.26 bits per heavy atom. The number of carboxylic acids is 1. The smallest absolute Gasteiger partial charge is 0.326 e. The van der Waals surface area contributed by atoms with Gasteiger partial charge >= 0.3 is 5.97 Å². The minimum atomic E-state index is -1.01. The Morgan fingerprint density at radius 2 is 1.63 bits per heavy atom. The van der Waals surface area contributed by atoms with Gasteiger partial charge in [-0.3, -0.25) is 9.59 Å². The zero-order valence-electron chi connectivity index (χ0n) is 14.7. The van der Waals surface area contributed by atoms with Gasteiger partial charge in [0.1, 0.15) is 6.04 Å². The van der Waals surface area contributed by atoms with Crippen LogP contribution in [-0.4, -0.2) is 40.4 Å². The van der Waals surface area contributed by atoms with Crippen LogP contribution in [0.4, 0.5) is 5.69 Å². The summed E-state index contributed by atoms with van der Waals surface area (Å²) in [6, 6.07) is 18.0. The number of aliphatic carboxylic acids is 1. The van der Waals surface area contributed by atoms with Crippen LogP contribution in [0.5, 0.6) is 0 Å². The lowest BCUT2D eigenvalue weighted by Crippen LogP contribution is -2.60. The van der Waals surface area contributed by atoms with Crippen LogP contribution in [0.25, 0.3) is 0 Å². The molecule has 6 nitrogen and oxygen atoms in total. The summed E-state index contributed by atoms with van der Waals surface area (Å²) in [4.78, 5) is 39.7. The molecule has 0 aliphatic carbocycles. The Balaban J connectivity index is 1.65. The summed E-state index contributed by atoms with van der Waals surface area (Å²) >= 11 is 0. The Morgan fingerprint density at radius 1 is 1.00 bits per heavy atom. The van der Waals surface area contributed by atoms with Crippen molar-refractivity contribution in [3.05, 3.63) is 66.2 Å². The predicted molar refractivity (Wildman–Crippen MR) is 99.0 cm³/mol. The molecule has 27 heavy (non-hydrogen) atoms. The zero-order valence-corrected chi connectivity index (χ0v) is 14.7. The van der Waals surface area contributed by atoms with E-state index in [9.17, 15) is 19.5 Å². The topological polar surface area (TPSA) is 77.9 Å². The first-order valence-electron chi connectivity index (χ1n) is 9.03. The number of anilines is 1. The van der Waals surface area contributed by atoms with E-state index in [-0.39, 0.29) is 30.8 Å². The van der Waals surface area contributed by atoms with Crippen molar-refractivity contribution in [3.8, 4) is 0 Å². The number of β-lactam (4-membered cyclic amide) rings is 1. The van der Waals surface area contributed by atoms with Gasteiger partial charge in [-0.25, -0.2) is 4.79 Å². The number of nitrogens with zero attached hydrogens (tertiary/aromatic N) is 2. The lowest BCUT2D eigenvalue weighted by atomic mass is 9.81. The van der Waals surface area contributed by atoms with E-state index in [0.29, 0.717) is 6.42 Å². The molecule has 2 saturated heterocycles. The Bertz CT molecular complexity index is 868. The van der Waals surface area contributed by atoms with Gasteiger partial charge < -0.3 is 14.9 Å². The first-order chi connectivity index (χ1) is 13.1. The van der Waals surface area contributed by atoms with Crippen LogP contribution in [0, 0.1) is 5.92 Å². The number of carboxylic acid groups (broad SMARTS) is 1. The SMILES string of the molecule is O=C(O)[C@@H]1CCC(=O)N1C[C@@H]1C(=O)N(c2ccccc2)[C@H]1c1ccccc1. The molecule has 2 amide bonds. The summed E-state index contributed by atoms with van der Waals surface area (Å²) < 4.78 is 0. The monoisotopic (exact) mass is 364 g/mol. The van der Waals surface area contributed by atoms with E-state index in [0.717, 1.165) is 11.3 Å². The minimum absolute atomic E-state index is 0.0844. The van der Waals surface area contributed by atoms with Crippen molar-refractivity contribution in [1.82, 2.24) is 4.90 Å². The van der Waals surface area contributed by atoms with E-state index in [1.807, 2.05) is 60.7 Å². The molecule has 2 heterocycles. The van der Waals surface area contributed by atoms with Crippen molar-refractivity contribution in [2.45, 2.75) is 24.9 Å². The summed E-state index contributed by atoms with van der Waals surface area (Å²) in [5, 5.41) is 9.39. The molecule has 1 N–H and O–H groups in total. The first kappa shape index (κ1) is 17.3. The normalized spacial score (nSPS) is 24.8. The second-order valence-electron chi connectivity index (χ2n) is 6.94. The largest absolute Gasteiger partial charge is 0.480 e. The maximum Gasteiger partial charge on any atom is 0.326 e. The van der Waals surface area contributed by atoms with Gasteiger partial charge in [0, 0.05) is 18.7 Å². The quantitative estimate of drug-likeness (QED) is 0.827. The lowest BCUT2D eigenvalue weighted by molar-refractivity contribution is -0.148. The van der Waals surface area contributed by atoms with Crippen LogP contribution >= 0.6 is 0 Å². The molecule has 2 aromatic carbocycles. The van der Waals surface area contributed by atoms with E-state index in [2.05, 4.69) is 0 Å². The van der Waals surface area contributed by atoms with E-state index < -0.39 is 17.9 Å². The number of hydrogen-bond donors (Lipinski definition) is 1. The lowest BCUT2D eigenvalue weighted by Gasteiger charge is -2.48. The van der Waals surface area contributed by atoms with Crippen LogP contribution in [0.3, 0.4) is 0 Å². The predicted octanol–water partition coefficient (Wildman–Crippen LogP) is 2.47. The number of carbonyl (C=O) groups is 3. The van der Waals surface area contributed by atoms with Crippen LogP contribution in [0.2, 0.25) is 0 Å². The van der Waals surface area contributed by atoms with Gasteiger partial charge in [-0.05, 0) is 24.1 Å². The fourth-order valence-electron chi connectivity index (χ4n) is 4.07. The van der Waals surface area contributed by atoms with Gasteiger partial charge in [-0.15, -0.1) is 0 Å². The number of carbonyl (C=O) groups excluding carboxylic acids is 2. The van der Waals surface area contributed by atoms with Crippen molar-refractivity contribution in [2.75, 3.05) is 11.4 Å². The molecule has 6 heteroatoms. The fraction of sp³-hybridized carbons (Fsp3) is 0.286. The second kappa shape index (κ2) is 6.87. The molecule has 2 aliphatic rings. The van der Waals surface area contributed by atoms with Crippen LogP contribution in [0.15, 0.2) is 60.7 Å². The third-order valence-electron chi connectivity index (χ3n) is 5.40. The maximum absolute atomic E-state index is 13.0. The summed E-state index contributed by atoms with van der Waals surface area (Å²) in [5.41, 5.74) is 1.78. The zero-order chi connectivity index (χ0) is 19.0. The van der Waals surface area contributed by atoms with Gasteiger partial charge in [-0.2, -0.15) is 0 Å². The van der Waals surface area contributed by atoms with Crippen molar-refractivity contribution < 1.29 is 19.5 Å². The van der Waals surface area contributed by atoms with Crippen molar-refractivity contribution in [2.24, 2.45) is 5.92 Å². The number of rotatable bonds is 5. The van der Waals surface area contributed by atoms with Crippen molar-refractivity contribution >= 4 is 23.5 Å². The van der Waals surface area contributed by atoms with Crippen molar-refractivity contribution in [3.63, 3.8) is 0 Å². The molecule has 0 aromatic heterocycles. The molecular formula is C21H20N2O4. The molecule has 0 saturated carbocycles. The van der Waals surface area contributed by atoms with Crippen molar-refractivity contribution in [1.29, 1.82) is 0 Å². The third-order valence-corrected chi connectivity index (χ3v) is 5.40. The molecule has 3 atom stereocenters. The molecule has 4 rings (SSSR count). The molecule has 0 unspecified atom stereocenters. The molecule has 2 fully saturated rings. The Labute approximate surface area is 157 Å². The highest BCUT2D eigenvalue weighted by Crippen LogP contribution is 2.44. The average Bonchev–Trinajstić information content (AvgIpc) is 3.06. The molecule has 0 spiro atoms.